The lowest BCUT2D eigenvalue weighted by Gasteiger charge is -2.20. The molecule has 0 aliphatic carbocycles. The van der Waals surface area contributed by atoms with Crippen molar-refractivity contribution in [3.8, 4) is 28.4 Å². The van der Waals surface area contributed by atoms with Crippen molar-refractivity contribution in [1.82, 2.24) is 0 Å². The largest absolute Gasteiger partial charge is 0.530 e. The number of para-hydroxylation sites is 1. The third kappa shape index (κ3) is 13.2. The Kier molecular flexibility index (Phi) is 16.6. The number of unbranched alkanes of at least 4 members (excludes halogenated alkanes) is 12. The highest BCUT2D eigenvalue weighted by atomic mass is 31.2. The van der Waals surface area contributed by atoms with Gasteiger partial charge in [0.15, 0.2) is 0 Å². The minimum atomic E-state index is -1.77. The Bertz CT molecular complexity index is 1310. The molecule has 4 rings (SSSR count). The van der Waals surface area contributed by atoms with Crippen molar-refractivity contribution in [3.05, 3.63) is 114 Å². The van der Waals surface area contributed by atoms with Crippen LogP contribution in [0.5, 0.6) is 17.2 Å². The molecular weight excluding hydrogens is 583 g/mol. The van der Waals surface area contributed by atoms with Crippen LogP contribution in [0.25, 0.3) is 11.1 Å². The highest BCUT2D eigenvalue weighted by Crippen LogP contribution is 2.45. The molecule has 0 atom stereocenters. The van der Waals surface area contributed by atoms with Crippen LogP contribution < -0.4 is 13.6 Å². The second kappa shape index (κ2) is 21.5. The maximum Gasteiger partial charge on any atom is 0.530 e. The summed E-state index contributed by atoms with van der Waals surface area (Å²) >= 11 is 0. The van der Waals surface area contributed by atoms with Crippen molar-refractivity contribution < 1.29 is 13.6 Å². The van der Waals surface area contributed by atoms with Crippen LogP contribution in [0.1, 0.15) is 115 Å². The monoisotopic (exact) mass is 638 g/mol. The molecule has 0 radical (unpaired) electrons. The van der Waals surface area contributed by atoms with Gasteiger partial charge < -0.3 is 13.6 Å². The number of hydrogen-bond donors (Lipinski definition) is 0. The lowest BCUT2D eigenvalue weighted by molar-refractivity contribution is 0.388. The lowest BCUT2D eigenvalue weighted by Crippen LogP contribution is -2.04. The average Bonchev–Trinajstić information content (AvgIpc) is 3.08. The van der Waals surface area contributed by atoms with Crippen LogP contribution in [0.2, 0.25) is 0 Å². The Morgan fingerprint density at radius 2 is 0.913 bits per heavy atom. The van der Waals surface area contributed by atoms with E-state index >= 15 is 0 Å². The van der Waals surface area contributed by atoms with Crippen LogP contribution in [0.15, 0.2) is 103 Å². The Morgan fingerprint density at radius 1 is 0.435 bits per heavy atom. The molecule has 0 bridgehead atoms. The van der Waals surface area contributed by atoms with Gasteiger partial charge in [0.2, 0.25) is 0 Å². The third-order valence-electron chi connectivity index (χ3n) is 8.44. The fraction of sp³-hybridized carbons (Fsp3) is 0.429. The van der Waals surface area contributed by atoms with Crippen molar-refractivity contribution in [2.45, 2.75) is 117 Å². The first-order valence-corrected chi connectivity index (χ1v) is 19.0. The number of rotatable bonds is 23. The molecule has 46 heavy (non-hydrogen) atoms. The molecule has 0 spiro atoms. The normalized spacial score (nSPS) is 11.1. The molecule has 0 fully saturated rings. The second-order valence-electron chi connectivity index (χ2n) is 12.4. The molecule has 4 heteroatoms. The van der Waals surface area contributed by atoms with Crippen LogP contribution in [-0.2, 0) is 12.8 Å². The zero-order valence-electron chi connectivity index (χ0n) is 28.3. The van der Waals surface area contributed by atoms with Gasteiger partial charge in [-0.05, 0) is 72.7 Å². The zero-order valence-corrected chi connectivity index (χ0v) is 29.2. The van der Waals surface area contributed by atoms with Gasteiger partial charge in [-0.1, -0.05) is 164 Å². The second-order valence-corrected chi connectivity index (χ2v) is 13.4. The van der Waals surface area contributed by atoms with E-state index in [0.29, 0.717) is 0 Å². The van der Waals surface area contributed by atoms with Crippen LogP contribution in [0.3, 0.4) is 0 Å². The highest BCUT2D eigenvalue weighted by Gasteiger charge is 2.22. The molecule has 0 unspecified atom stereocenters. The summed E-state index contributed by atoms with van der Waals surface area (Å²) in [4.78, 5) is 0. The molecular formula is C42H55O3P. The molecule has 4 aromatic rings. The Hall–Kier alpha value is -3.29. The molecule has 0 amide bonds. The molecule has 246 valence electrons. The van der Waals surface area contributed by atoms with E-state index in [4.69, 9.17) is 13.6 Å². The minimum Gasteiger partial charge on any atom is -0.408 e. The van der Waals surface area contributed by atoms with Crippen molar-refractivity contribution in [3.63, 3.8) is 0 Å². The van der Waals surface area contributed by atoms with Gasteiger partial charge in [-0.15, -0.1) is 0 Å². The molecule has 4 aromatic carbocycles. The summed E-state index contributed by atoms with van der Waals surface area (Å²) in [5.41, 5.74) is 4.70. The summed E-state index contributed by atoms with van der Waals surface area (Å²) < 4.78 is 19.7. The third-order valence-corrected chi connectivity index (χ3v) is 9.51. The predicted molar refractivity (Wildman–Crippen MR) is 197 cm³/mol. The molecule has 0 saturated carbocycles. The predicted octanol–water partition coefficient (Wildman–Crippen LogP) is 13.7. The van der Waals surface area contributed by atoms with Crippen LogP contribution in [0, 0.1) is 0 Å². The van der Waals surface area contributed by atoms with Crippen LogP contribution in [0.4, 0.5) is 0 Å². The van der Waals surface area contributed by atoms with Gasteiger partial charge in [0, 0.05) is 5.56 Å². The summed E-state index contributed by atoms with van der Waals surface area (Å²) in [6.45, 7) is 4.54. The summed E-state index contributed by atoms with van der Waals surface area (Å²) in [6.07, 6.45) is 20.4. The van der Waals surface area contributed by atoms with Gasteiger partial charge in [0.1, 0.15) is 17.2 Å². The molecule has 0 saturated heterocycles. The van der Waals surface area contributed by atoms with Gasteiger partial charge in [0.25, 0.3) is 0 Å². The molecule has 3 nitrogen and oxygen atoms in total. The summed E-state index contributed by atoms with van der Waals surface area (Å²) in [6, 6.07) is 35.4. The van der Waals surface area contributed by atoms with Gasteiger partial charge in [-0.25, -0.2) is 0 Å². The Labute approximate surface area is 280 Å². The van der Waals surface area contributed by atoms with Crippen LogP contribution >= 0.6 is 8.60 Å². The van der Waals surface area contributed by atoms with Crippen molar-refractivity contribution >= 4 is 8.60 Å². The number of benzene rings is 4. The number of hydrogen-bond acceptors (Lipinski definition) is 3. The average molecular weight is 639 g/mol. The summed E-state index contributed by atoms with van der Waals surface area (Å²) in [5, 5.41) is 0. The van der Waals surface area contributed by atoms with E-state index in [1.165, 1.54) is 101 Å². The maximum atomic E-state index is 6.60. The fourth-order valence-electron chi connectivity index (χ4n) is 5.80. The quantitative estimate of drug-likeness (QED) is 0.0598. The van der Waals surface area contributed by atoms with Crippen molar-refractivity contribution in [2.75, 3.05) is 0 Å². The smallest absolute Gasteiger partial charge is 0.408 e. The van der Waals surface area contributed by atoms with Gasteiger partial charge >= 0.3 is 8.60 Å². The molecule has 0 N–H and O–H groups in total. The number of aryl methyl sites for hydroxylation is 2. The van der Waals surface area contributed by atoms with E-state index in [1.807, 2.05) is 36.4 Å². The minimum absolute atomic E-state index is 0.748. The molecule has 0 aliphatic rings. The fourth-order valence-corrected chi connectivity index (χ4v) is 6.80. The topological polar surface area (TPSA) is 27.7 Å². The lowest BCUT2D eigenvalue weighted by atomic mass is 10.0. The maximum absolute atomic E-state index is 6.60. The summed E-state index contributed by atoms with van der Waals surface area (Å²) in [5.74, 6) is 2.31. The molecule has 0 aliphatic heterocycles. The van der Waals surface area contributed by atoms with E-state index in [2.05, 4.69) is 80.6 Å². The van der Waals surface area contributed by atoms with E-state index < -0.39 is 8.60 Å². The van der Waals surface area contributed by atoms with E-state index in [1.54, 1.807) is 0 Å². The summed E-state index contributed by atoms with van der Waals surface area (Å²) in [7, 11) is -1.77. The molecule has 0 aromatic heterocycles. The first-order chi connectivity index (χ1) is 22.7. The molecule has 0 heterocycles. The van der Waals surface area contributed by atoms with E-state index in [9.17, 15) is 0 Å². The zero-order chi connectivity index (χ0) is 32.1. The first kappa shape index (κ1) is 35.6. The van der Waals surface area contributed by atoms with Crippen molar-refractivity contribution in [2.24, 2.45) is 0 Å². The first-order valence-electron chi connectivity index (χ1n) is 17.9. The Balaban J connectivity index is 1.43. The Morgan fingerprint density at radius 3 is 1.46 bits per heavy atom. The highest BCUT2D eigenvalue weighted by molar-refractivity contribution is 7.43. The van der Waals surface area contributed by atoms with Crippen LogP contribution in [-0.4, -0.2) is 0 Å². The van der Waals surface area contributed by atoms with Gasteiger partial charge in [0.05, 0.1) is 0 Å². The van der Waals surface area contributed by atoms with E-state index in [-0.39, 0.29) is 0 Å². The SMILES string of the molecule is CCCCCCCCCc1cccc(OP(Oc2cccc(CCCCCCCCC)c2)Oc2ccccc2-c2ccccc2)c1. The van der Waals surface area contributed by atoms with Crippen molar-refractivity contribution in [1.29, 1.82) is 0 Å². The van der Waals surface area contributed by atoms with Gasteiger partial charge in [-0.3, -0.25) is 0 Å². The standard InChI is InChI=1S/C42H55O3P/c1-3-5-7-9-11-13-16-24-36-26-22-30-39(34-36)43-46(45-42-33-21-20-32-41(42)38-28-18-15-19-29-38)44-40-31-23-27-37(35-40)25-17-14-12-10-8-6-4-2/h15,18-23,26-35H,3-14,16-17,24-25H2,1-2H3. The van der Waals surface area contributed by atoms with E-state index in [0.717, 1.165) is 41.2 Å². The van der Waals surface area contributed by atoms with Gasteiger partial charge in [-0.2, -0.15) is 0 Å².